The van der Waals surface area contributed by atoms with Gasteiger partial charge in [-0.25, -0.2) is 0 Å². The van der Waals surface area contributed by atoms with Crippen LogP contribution in [0.3, 0.4) is 0 Å². The molecule has 0 aliphatic carbocycles. The lowest BCUT2D eigenvalue weighted by Crippen LogP contribution is -2.29. The summed E-state index contributed by atoms with van der Waals surface area (Å²) in [5, 5.41) is -0.238. The summed E-state index contributed by atoms with van der Waals surface area (Å²) in [6, 6.07) is 21.8. The Kier molecular flexibility index (Phi) is 8.31. The normalized spacial score (nSPS) is 14.6. The van der Waals surface area contributed by atoms with E-state index in [4.69, 9.17) is 9.47 Å². The Balaban J connectivity index is 1.45. The topological polar surface area (TPSA) is 55.8 Å². The van der Waals surface area contributed by atoms with Crippen molar-refractivity contribution in [2.45, 2.75) is 26.4 Å². The van der Waals surface area contributed by atoms with Crippen molar-refractivity contribution in [2.75, 3.05) is 13.7 Å². The molecule has 2 amide bonds. The minimum Gasteiger partial charge on any atom is -0.493 e. The first-order valence-corrected chi connectivity index (χ1v) is 12.9. The van der Waals surface area contributed by atoms with E-state index in [9.17, 15) is 9.59 Å². The monoisotopic (exact) mass is 551 g/mol. The molecule has 0 N–H and O–H groups in total. The molecular weight excluding hydrogens is 526 g/mol. The zero-order valence-electron chi connectivity index (χ0n) is 19.6. The Morgan fingerprint density at radius 2 is 1.77 bits per heavy atom. The van der Waals surface area contributed by atoms with Crippen LogP contribution in [0.2, 0.25) is 0 Å². The fraction of sp³-hybridized carbons (Fsp3) is 0.214. The van der Waals surface area contributed by atoms with Crippen molar-refractivity contribution in [1.29, 1.82) is 0 Å². The van der Waals surface area contributed by atoms with Gasteiger partial charge in [-0.2, -0.15) is 0 Å². The van der Waals surface area contributed by atoms with Gasteiger partial charge in [-0.3, -0.25) is 14.5 Å². The van der Waals surface area contributed by atoms with Crippen LogP contribution in [-0.2, 0) is 17.8 Å². The molecule has 3 aromatic rings. The van der Waals surface area contributed by atoms with Crippen molar-refractivity contribution >= 4 is 44.9 Å². The van der Waals surface area contributed by atoms with Gasteiger partial charge in [-0.15, -0.1) is 0 Å². The van der Waals surface area contributed by atoms with Gasteiger partial charge in [0, 0.05) is 6.54 Å². The van der Waals surface area contributed by atoms with E-state index in [2.05, 4.69) is 22.0 Å². The number of methoxy groups -OCH3 is 1. The van der Waals surface area contributed by atoms with Gasteiger partial charge in [-0.05, 0) is 82.4 Å². The summed E-state index contributed by atoms with van der Waals surface area (Å²) in [6.07, 6.45) is 3.26. The molecule has 0 atom stereocenters. The fourth-order valence-electron chi connectivity index (χ4n) is 3.85. The smallest absolute Gasteiger partial charge is 0.293 e. The Hall–Kier alpha value is -3.03. The summed E-state index contributed by atoms with van der Waals surface area (Å²) in [6.45, 7) is 2.84. The van der Waals surface area contributed by atoms with Gasteiger partial charge in [0.2, 0.25) is 0 Å². The van der Waals surface area contributed by atoms with Crippen LogP contribution < -0.4 is 9.47 Å². The maximum atomic E-state index is 12.9. The number of rotatable bonds is 9. The summed E-state index contributed by atoms with van der Waals surface area (Å²) in [7, 11) is 1.58. The van der Waals surface area contributed by atoms with Crippen LogP contribution in [-0.4, -0.2) is 29.7 Å². The van der Waals surface area contributed by atoms with E-state index < -0.39 is 0 Å². The highest BCUT2D eigenvalue weighted by molar-refractivity contribution is 9.10. The summed E-state index contributed by atoms with van der Waals surface area (Å²) < 4.78 is 12.3. The zero-order valence-corrected chi connectivity index (χ0v) is 22.0. The van der Waals surface area contributed by atoms with Crippen molar-refractivity contribution in [3.63, 3.8) is 0 Å². The molecule has 4 rings (SSSR count). The molecule has 3 aromatic carbocycles. The molecule has 0 bridgehead atoms. The fourth-order valence-corrected chi connectivity index (χ4v) is 5.29. The molecular formula is C28H26BrNO4S. The Bertz CT molecular complexity index is 1260. The van der Waals surface area contributed by atoms with Gasteiger partial charge in [0.1, 0.15) is 6.61 Å². The Morgan fingerprint density at radius 3 is 2.51 bits per heavy atom. The summed E-state index contributed by atoms with van der Waals surface area (Å²) >= 11 is 4.53. The van der Waals surface area contributed by atoms with Crippen LogP contribution in [0.25, 0.3) is 6.08 Å². The third kappa shape index (κ3) is 6.35. The predicted octanol–water partition coefficient (Wildman–Crippen LogP) is 7.01. The number of carbonyl (C=O) groups is 2. The highest BCUT2D eigenvalue weighted by Crippen LogP contribution is 2.39. The van der Waals surface area contributed by atoms with E-state index in [0.717, 1.165) is 35.7 Å². The number of carbonyl (C=O) groups excluding carboxylic acids is 2. The molecule has 180 valence electrons. The Morgan fingerprint density at radius 1 is 1.00 bits per heavy atom. The van der Waals surface area contributed by atoms with Crippen LogP contribution in [0.1, 0.15) is 28.7 Å². The second-order valence-electron chi connectivity index (χ2n) is 8.23. The quantitative estimate of drug-likeness (QED) is 0.267. The first-order chi connectivity index (χ1) is 16.9. The van der Waals surface area contributed by atoms with E-state index in [1.807, 2.05) is 61.5 Å². The number of imide groups is 1. The first-order valence-electron chi connectivity index (χ1n) is 11.3. The van der Waals surface area contributed by atoms with Crippen LogP contribution in [0.5, 0.6) is 11.5 Å². The van der Waals surface area contributed by atoms with Gasteiger partial charge >= 0.3 is 0 Å². The maximum absolute atomic E-state index is 12.9. The Labute approximate surface area is 218 Å². The summed E-state index contributed by atoms with van der Waals surface area (Å²) in [5.74, 6) is 0.864. The molecule has 1 aliphatic heterocycles. The molecule has 1 saturated heterocycles. The predicted molar refractivity (Wildman–Crippen MR) is 144 cm³/mol. The maximum Gasteiger partial charge on any atom is 0.293 e. The second kappa shape index (κ2) is 11.6. The highest BCUT2D eigenvalue weighted by Gasteiger charge is 2.34. The number of benzene rings is 3. The van der Waals surface area contributed by atoms with Crippen LogP contribution in [0.4, 0.5) is 4.79 Å². The molecule has 0 radical (unpaired) electrons. The average molecular weight is 552 g/mol. The molecule has 7 heteroatoms. The highest BCUT2D eigenvalue weighted by atomic mass is 79.9. The number of hydrogen-bond donors (Lipinski definition) is 0. The van der Waals surface area contributed by atoms with Crippen molar-refractivity contribution < 1.29 is 19.1 Å². The lowest BCUT2D eigenvalue weighted by Gasteiger charge is -2.14. The van der Waals surface area contributed by atoms with Gasteiger partial charge in [0.25, 0.3) is 11.1 Å². The largest absolute Gasteiger partial charge is 0.493 e. The zero-order chi connectivity index (χ0) is 24.8. The van der Waals surface area contributed by atoms with E-state index in [-0.39, 0.29) is 11.1 Å². The van der Waals surface area contributed by atoms with Crippen molar-refractivity contribution in [3.05, 3.63) is 98.4 Å². The summed E-state index contributed by atoms with van der Waals surface area (Å²) in [5.41, 5.74) is 4.16. The standard InChI is InChI=1S/C28H26BrNO4S/c1-19-8-6-11-21(14-19)18-34-26-23(29)15-22(16-24(26)33-2)17-25-27(31)30(28(32)35-25)13-7-12-20-9-4-3-5-10-20/h3-6,8-11,14-17H,7,12-13,18H2,1-2H3/b25-17+. The lowest BCUT2D eigenvalue weighted by atomic mass is 10.1. The van der Waals surface area contributed by atoms with Crippen LogP contribution in [0.15, 0.2) is 76.1 Å². The van der Waals surface area contributed by atoms with Gasteiger partial charge in [-0.1, -0.05) is 60.2 Å². The van der Waals surface area contributed by atoms with Crippen molar-refractivity contribution in [3.8, 4) is 11.5 Å². The van der Waals surface area contributed by atoms with Crippen LogP contribution >= 0.6 is 27.7 Å². The van der Waals surface area contributed by atoms with Gasteiger partial charge < -0.3 is 9.47 Å². The molecule has 1 fully saturated rings. The van der Waals surface area contributed by atoms with Gasteiger partial charge in [0.15, 0.2) is 11.5 Å². The SMILES string of the molecule is COc1cc(/C=C2/SC(=O)N(CCCc3ccccc3)C2=O)cc(Br)c1OCc1cccc(C)c1. The van der Waals surface area contributed by atoms with E-state index >= 15 is 0 Å². The summed E-state index contributed by atoms with van der Waals surface area (Å²) in [4.78, 5) is 27.1. The molecule has 0 saturated carbocycles. The molecule has 35 heavy (non-hydrogen) atoms. The molecule has 0 aromatic heterocycles. The van der Waals surface area contributed by atoms with E-state index in [1.54, 1.807) is 19.3 Å². The molecule has 1 heterocycles. The molecule has 1 aliphatic rings. The first kappa shape index (κ1) is 25.1. The van der Waals surface area contributed by atoms with Crippen molar-refractivity contribution in [2.24, 2.45) is 0 Å². The number of nitrogens with zero attached hydrogens (tertiary/aromatic N) is 1. The number of ether oxygens (including phenoxy) is 2. The van der Waals surface area contributed by atoms with Crippen LogP contribution in [0, 0.1) is 6.92 Å². The average Bonchev–Trinajstić information content (AvgIpc) is 3.11. The lowest BCUT2D eigenvalue weighted by molar-refractivity contribution is -0.122. The van der Waals surface area contributed by atoms with E-state index in [0.29, 0.717) is 34.0 Å². The van der Waals surface area contributed by atoms with E-state index in [1.165, 1.54) is 16.0 Å². The molecule has 5 nitrogen and oxygen atoms in total. The number of thioether (sulfide) groups is 1. The number of halogens is 1. The second-order valence-corrected chi connectivity index (χ2v) is 10.1. The molecule has 0 unspecified atom stereocenters. The third-order valence-electron chi connectivity index (χ3n) is 5.58. The molecule has 0 spiro atoms. The van der Waals surface area contributed by atoms with Crippen molar-refractivity contribution in [1.82, 2.24) is 4.90 Å². The number of hydrogen-bond acceptors (Lipinski definition) is 5. The third-order valence-corrected chi connectivity index (χ3v) is 7.08. The number of aryl methyl sites for hydroxylation is 2. The number of amides is 2. The van der Waals surface area contributed by atoms with Gasteiger partial charge in [0.05, 0.1) is 16.5 Å². The minimum absolute atomic E-state index is 0.238. The minimum atomic E-state index is -0.261.